The van der Waals surface area contributed by atoms with E-state index in [1.165, 1.54) is 30.4 Å². The van der Waals surface area contributed by atoms with Crippen molar-refractivity contribution in [2.24, 2.45) is 0 Å². The Kier molecular flexibility index (Phi) is 4.72. The van der Waals surface area contributed by atoms with Crippen LogP contribution in [0, 0.1) is 0 Å². The molecule has 1 atom stereocenters. The van der Waals surface area contributed by atoms with E-state index in [0.717, 1.165) is 18.5 Å². The third-order valence-corrected chi connectivity index (χ3v) is 4.79. The van der Waals surface area contributed by atoms with Crippen molar-refractivity contribution >= 4 is 0 Å². The number of hydrogen-bond acceptors (Lipinski definition) is 1. The van der Waals surface area contributed by atoms with E-state index in [1.54, 1.807) is 0 Å². The SMILES string of the molecule is CC(CCNC1CC(c2ccccc2)C1)c1ccccc1. The fourth-order valence-corrected chi connectivity index (χ4v) is 3.23. The Hall–Kier alpha value is -1.60. The van der Waals surface area contributed by atoms with Gasteiger partial charge in [-0.25, -0.2) is 0 Å². The minimum absolute atomic E-state index is 0.642. The van der Waals surface area contributed by atoms with Crippen molar-refractivity contribution in [1.29, 1.82) is 0 Å². The molecule has 1 aliphatic rings. The molecule has 0 radical (unpaired) electrons. The van der Waals surface area contributed by atoms with Crippen LogP contribution in [-0.4, -0.2) is 12.6 Å². The molecule has 0 amide bonds. The molecule has 2 aromatic carbocycles. The third-order valence-electron chi connectivity index (χ3n) is 4.79. The molecule has 1 heteroatoms. The van der Waals surface area contributed by atoms with Crippen molar-refractivity contribution in [2.75, 3.05) is 6.54 Å². The highest BCUT2D eigenvalue weighted by Crippen LogP contribution is 2.36. The predicted octanol–water partition coefficient (Wildman–Crippen LogP) is 4.72. The molecule has 1 N–H and O–H groups in total. The lowest BCUT2D eigenvalue weighted by Gasteiger charge is -2.36. The smallest absolute Gasteiger partial charge is 0.00787 e. The van der Waals surface area contributed by atoms with Gasteiger partial charge in [0.25, 0.3) is 0 Å². The summed E-state index contributed by atoms with van der Waals surface area (Å²) in [4.78, 5) is 0. The van der Waals surface area contributed by atoms with Crippen LogP contribution in [0.25, 0.3) is 0 Å². The molecule has 1 fully saturated rings. The minimum atomic E-state index is 0.642. The first-order valence-electron chi connectivity index (χ1n) is 8.16. The highest BCUT2D eigenvalue weighted by atomic mass is 14.9. The molecule has 0 aromatic heterocycles. The zero-order valence-corrected chi connectivity index (χ0v) is 12.8. The van der Waals surface area contributed by atoms with Gasteiger partial charge in [0.15, 0.2) is 0 Å². The van der Waals surface area contributed by atoms with E-state index in [4.69, 9.17) is 0 Å². The lowest BCUT2D eigenvalue weighted by molar-refractivity contribution is 0.289. The summed E-state index contributed by atoms with van der Waals surface area (Å²) < 4.78 is 0. The molecule has 0 aliphatic heterocycles. The molecule has 1 aliphatic carbocycles. The third kappa shape index (κ3) is 3.74. The molecule has 0 saturated heterocycles. The summed E-state index contributed by atoms with van der Waals surface area (Å²) >= 11 is 0. The molecule has 1 unspecified atom stereocenters. The molecular weight excluding hydrogens is 254 g/mol. The highest BCUT2D eigenvalue weighted by molar-refractivity contribution is 5.23. The predicted molar refractivity (Wildman–Crippen MR) is 89.7 cm³/mol. The van der Waals surface area contributed by atoms with E-state index in [9.17, 15) is 0 Å². The maximum atomic E-state index is 3.72. The van der Waals surface area contributed by atoms with Crippen LogP contribution in [-0.2, 0) is 0 Å². The second-order valence-corrected chi connectivity index (χ2v) is 6.33. The van der Waals surface area contributed by atoms with Crippen molar-refractivity contribution in [3.05, 3.63) is 71.8 Å². The standard InChI is InChI=1S/C20H25N/c1-16(17-8-4-2-5-9-17)12-13-21-20-14-19(15-20)18-10-6-3-7-11-18/h2-11,16,19-21H,12-15H2,1H3. The number of hydrogen-bond donors (Lipinski definition) is 1. The molecular formula is C20H25N. The zero-order valence-electron chi connectivity index (χ0n) is 12.8. The van der Waals surface area contributed by atoms with Gasteiger partial charge in [-0.3, -0.25) is 0 Å². The summed E-state index contributed by atoms with van der Waals surface area (Å²) in [6.45, 7) is 3.45. The Morgan fingerprint density at radius 1 is 0.952 bits per heavy atom. The quantitative estimate of drug-likeness (QED) is 0.807. The monoisotopic (exact) mass is 279 g/mol. The average Bonchev–Trinajstić information content (AvgIpc) is 2.51. The number of rotatable bonds is 6. The van der Waals surface area contributed by atoms with E-state index in [1.807, 2.05) is 0 Å². The maximum Gasteiger partial charge on any atom is 0.00787 e. The van der Waals surface area contributed by atoms with E-state index < -0.39 is 0 Å². The van der Waals surface area contributed by atoms with E-state index in [0.29, 0.717) is 5.92 Å². The van der Waals surface area contributed by atoms with Gasteiger partial charge in [-0.05, 0) is 48.8 Å². The van der Waals surface area contributed by atoms with Crippen LogP contribution in [0.5, 0.6) is 0 Å². The van der Waals surface area contributed by atoms with Gasteiger partial charge in [0.05, 0.1) is 0 Å². The van der Waals surface area contributed by atoms with Gasteiger partial charge < -0.3 is 5.32 Å². The molecule has 3 rings (SSSR count). The Morgan fingerprint density at radius 2 is 1.57 bits per heavy atom. The van der Waals surface area contributed by atoms with Gasteiger partial charge in [0.1, 0.15) is 0 Å². The molecule has 21 heavy (non-hydrogen) atoms. The highest BCUT2D eigenvalue weighted by Gasteiger charge is 2.29. The largest absolute Gasteiger partial charge is 0.314 e. The van der Waals surface area contributed by atoms with Crippen molar-refractivity contribution in [3.63, 3.8) is 0 Å². The van der Waals surface area contributed by atoms with Crippen molar-refractivity contribution in [3.8, 4) is 0 Å². The van der Waals surface area contributed by atoms with Crippen LogP contribution >= 0.6 is 0 Å². The number of nitrogens with one attached hydrogen (secondary N) is 1. The van der Waals surface area contributed by atoms with Crippen molar-refractivity contribution in [2.45, 2.75) is 44.1 Å². The van der Waals surface area contributed by atoms with Crippen LogP contribution < -0.4 is 5.32 Å². The zero-order chi connectivity index (χ0) is 14.5. The van der Waals surface area contributed by atoms with Crippen LogP contribution in [0.1, 0.15) is 49.1 Å². The molecule has 0 spiro atoms. The molecule has 0 bridgehead atoms. The molecule has 1 nitrogen and oxygen atoms in total. The molecule has 1 saturated carbocycles. The lowest BCUT2D eigenvalue weighted by Crippen LogP contribution is -2.40. The van der Waals surface area contributed by atoms with E-state index in [-0.39, 0.29) is 0 Å². The maximum absolute atomic E-state index is 3.72. The Labute approximate surface area is 128 Å². The number of benzene rings is 2. The van der Waals surface area contributed by atoms with Gasteiger partial charge in [0, 0.05) is 6.04 Å². The first-order chi connectivity index (χ1) is 10.3. The van der Waals surface area contributed by atoms with E-state index in [2.05, 4.69) is 72.9 Å². The van der Waals surface area contributed by atoms with E-state index >= 15 is 0 Å². The first-order valence-corrected chi connectivity index (χ1v) is 8.16. The molecule has 110 valence electrons. The summed E-state index contributed by atoms with van der Waals surface area (Å²) in [6.07, 6.45) is 3.81. The normalized spacial score (nSPS) is 22.5. The fraction of sp³-hybridized carbons (Fsp3) is 0.400. The Balaban J connectivity index is 1.36. The molecule has 2 aromatic rings. The van der Waals surface area contributed by atoms with Crippen molar-refractivity contribution in [1.82, 2.24) is 5.32 Å². The second kappa shape index (κ2) is 6.91. The van der Waals surface area contributed by atoms with Gasteiger partial charge >= 0.3 is 0 Å². The second-order valence-electron chi connectivity index (χ2n) is 6.33. The fourth-order valence-electron chi connectivity index (χ4n) is 3.23. The van der Waals surface area contributed by atoms with Crippen LogP contribution in [0.2, 0.25) is 0 Å². The average molecular weight is 279 g/mol. The summed E-state index contributed by atoms with van der Waals surface area (Å²) in [5.74, 6) is 1.42. The Morgan fingerprint density at radius 3 is 2.24 bits per heavy atom. The summed E-state index contributed by atoms with van der Waals surface area (Å²) in [6, 6.07) is 22.5. The lowest BCUT2D eigenvalue weighted by atomic mass is 9.76. The first kappa shape index (κ1) is 14.3. The van der Waals surface area contributed by atoms with Crippen molar-refractivity contribution < 1.29 is 0 Å². The van der Waals surface area contributed by atoms with Gasteiger partial charge in [0.2, 0.25) is 0 Å². The van der Waals surface area contributed by atoms with Gasteiger partial charge in [-0.1, -0.05) is 67.6 Å². The summed E-state index contributed by atoms with van der Waals surface area (Å²) in [5.41, 5.74) is 2.96. The van der Waals surface area contributed by atoms with Gasteiger partial charge in [-0.2, -0.15) is 0 Å². The summed E-state index contributed by atoms with van der Waals surface area (Å²) in [5, 5.41) is 3.72. The van der Waals surface area contributed by atoms with Crippen LogP contribution in [0.4, 0.5) is 0 Å². The minimum Gasteiger partial charge on any atom is -0.314 e. The molecule has 0 heterocycles. The topological polar surface area (TPSA) is 12.0 Å². The Bertz CT molecular complexity index is 528. The summed E-state index contributed by atoms with van der Waals surface area (Å²) in [7, 11) is 0. The van der Waals surface area contributed by atoms with Crippen LogP contribution in [0.15, 0.2) is 60.7 Å². The van der Waals surface area contributed by atoms with Crippen LogP contribution in [0.3, 0.4) is 0 Å². The van der Waals surface area contributed by atoms with Gasteiger partial charge in [-0.15, -0.1) is 0 Å².